The normalized spacial score (nSPS) is 12.5. The van der Waals surface area contributed by atoms with Gasteiger partial charge in [-0.25, -0.2) is 14.6 Å². The van der Waals surface area contributed by atoms with Crippen molar-refractivity contribution in [2.24, 2.45) is 0 Å². The van der Waals surface area contributed by atoms with Gasteiger partial charge in [-0.05, 0) is 33.8 Å². The first-order chi connectivity index (χ1) is 11.0. The maximum Gasteiger partial charge on any atom is 0.290 e. The molecule has 1 N–H and O–H groups in total. The maximum atomic E-state index is 12.5. The van der Waals surface area contributed by atoms with Gasteiger partial charge in [-0.15, -0.1) is 10.2 Å². The topological polar surface area (TPSA) is 103 Å². The van der Waals surface area contributed by atoms with Crippen LogP contribution in [0.4, 0.5) is 0 Å². The molecular weight excluding hydrogens is 296 g/mol. The van der Waals surface area contributed by atoms with E-state index in [2.05, 4.69) is 30.6 Å². The molecule has 120 valence electrons. The molecule has 0 radical (unpaired) electrons. The standard InChI is InChI=1S/C14H18N8O/c1-5-21-11(15-7-16-21)10(4)18-13(23)12-19-20-14-17-8(2)6-9(3)22(12)14/h6-7,10H,5H2,1-4H3,(H,18,23)/t10-/m1/s1. The van der Waals surface area contributed by atoms with Crippen LogP contribution in [-0.2, 0) is 6.54 Å². The number of hydrogen-bond acceptors (Lipinski definition) is 6. The Labute approximate surface area is 132 Å². The molecule has 3 aromatic heterocycles. The fraction of sp³-hybridized carbons (Fsp3) is 0.429. The number of aromatic nitrogens is 7. The Hall–Kier alpha value is -2.84. The van der Waals surface area contributed by atoms with Gasteiger partial charge in [0, 0.05) is 17.9 Å². The summed E-state index contributed by atoms with van der Waals surface area (Å²) in [6, 6.07) is 1.58. The SMILES string of the molecule is CCn1ncnc1[C@@H](C)NC(=O)c1nnc2nc(C)cc(C)n12. The third kappa shape index (κ3) is 2.65. The number of nitrogens with zero attached hydrogens (tertiary/aromatic N) is 7. The zero-order valence-electron chi connectivity index (χ0n) is 13.5. The quantitative estimate of drug-likeness (QED) is 0.765. The van der Waals surface area contributed by atoms with Gasteiger partial charge in [-0.3, -0.25) is 9.20 Å². The summed E-state index contributed by atoms with van der Waals surface area (Å²) in [5.74, 6) is 0.987. The fourth-order valence-electron chi connectivity index (χ4n) is 2.56. The molecule has 0 fully saturated rings. The first-order valence-corrected chi connectivity index (χ1v) is 7.39. The van der Waals surface area contributed by atoms with Gasteiger partial charge in [0.1, 0.15) is 12.2 Å². The average Bonchev–Trinajstić information content (AvgIpc) is 3.12. The number of fused-ring (bicyclic) bond motifs is 1. The van der Waals surface area contributed by atoms with Crippen LogP contribution < -0.4 is 5.32 Å². The predicted molar refractivity (Wildman–Crippen MR) is 81.8 cm³/mol. The number of amides is 1. The Kier molecular flexibility index (Phi) is 3.77. The summed E-state index contributed by atoms with van der Waals surface area (Å²) in [6.45, 7) is 8.27. The first-order valence-electron chi connectivity index (χ1n) is 7.39. The first kappa shape index (κ1) is 15.1. The van der Waals surface area contributed by atoms with Gasteiger partial charge < -0.3 is 5.32 Å². The van der Waals surface area contributed by atoms with Gasteiger partial charge in [-0.1, -0.05) is 0 Å². The van der Waals surface area contributed by atoms with Gasteiger partial charge in [-0.2, -0.15) is 5.10 Å². The van der Waals surface area contributed by atoms with E-state index in [1.165, 1.54) is 6.33 Å². The zero-order chi connectivity index (χ0) is 16.6. The minimum absolute atomic E-state index is 0.208. The lowest BCUT2D eigenvalue weighted by Crippen LogP contribution is -2.30. The highest BCUT2D eigenvalue weighted by atomic mass is 16.2. The summed E-state index contributed by atoms with van der Waals surface area (Å²) >= 11 is 0. The zero-order valence-corrected chi connectivity index (χ0v) is 13.5. The van der Waals surface area contributed by atoms with Gasteiger partial charge in [0.25, 0.3) is 11.7 Å². The predicted octanol–water partition coefficient (Wildman–Crippen LogP) is 0.844. The lowest BCUT2D eigenvalue weighted by Gasteiger charge is -2.13. The van der Waals surface area contributed by atoms with Gasteiger partial charge in [0.15, 0.2) is 0 Å². The van der Waals surface area contributed by atoms with Crippen LogP contribution in [0.25, 0.3) is 5.78 Å². The molecule has 0 bridgehead atoms. The molecular formula is C14H18N8O. The second-order valence-electron chi connectivity index (χ2n) is 5.33. The number of carbonyl (C=O) groups excluding carboxylic acids is 1. The van der Waals surface area contributed by atoms with Crippen LogP contribution in [0.3, 0.4) is 0 Å². The summed E-state index contributed by atoms with van der Waals surface area (Å²) < 4.78 is 3.38. The molecule has 1 atom stereocenters. The lowest BCUT2D eigenvalue weighted by atomic mass is 10.3. The van der Waals surface area contributed by atoms with E-state index in [-0.39, 0.29) is 17.8 Å². The molecule has 0 unspecified atom stereocenters. The van der Waals surface area contributed by atoms with Crippen molar-refractivity contribution in [3.05, 3.63) is 35.4 Å². The molecule has 0 aromatic carbocycles. The second-order valence-corrected chi connectivity index (χ2v) is 5.33. The summed E-state index contributed by atoms with van der Waals surface area (Å²) in [5, 5.41) is 14.9. The minimum Gasteiger partial charge on any atom is -0.340 e. The monoisotopic (exact) mass is 314 g/mol. The highest BCUT2D eigenvalue weighted by molar-refractivity contribution is 5.91. The van der Waals surface area contributed by atoms with Crippen LogP contribution in [0.1, 0.15) is 47.7 Å². The summed E-state index contributed by atoms with van der Waals surface area (Å²) in [5.41, 5.74) is 1.69. The number of hydrogen-bond donors (Lipinski definition) is 1. The lowest BCUT2D eigenvalue weighted by molar-refractivity contribution is 0.0925. The van der Waals surface area contributed by atoms with Crippen LogP contribution in [0.5, 0.6) is 0 Å². The van der Waals surface area contributed by atoms with E-state index in [4.69, 9.17) is 0 Å². The van der Waals surface area contributed by atoms with Gasteiger partial charge in [0.2, 0.25) is 5.82 Å². The molecule has 0 aliphatic carbocycles. The fourth-order valence-corrected chi connectivity index (χ4v) is 2.56. The Morgan fingerprint density at radius 2 is 2.13 bits per heavy atom. The summed E-state index contributed by atoms with van der Waals surface area (Å²) in [7, 11) is 0. The van der Waals surface area contributed by atoms with Gasteiger partial charge >= 0.3 is 0 Å². The third-order valence-electron chi connectivity index (χ3n) is 3.58. The smallest absolute Gasteiger partial charge is 0.290 e. The van der Waals surface area contributed by atoms with Crippen molar-refractivity contribution >= 4 is 11.7 Å². The number of carbonyl (C=O) groups is 1. The molecule has 3 heterocycles. The molecule has 0 spiro atoms. The van der Waals surface area contributed by atoms with Crippen molar-refractivity contribution in [3.8, 4) is 0 Å². The maximum absolute atomic E-state index is 12.5. The van der Waals surface area contributed by atoms with E-state index in [9.17, 15) is 4.79 Å². The van der Waals surface area contributed by atoms with Crippen molar-refractivity contribution in [2.75, 3.05) is 0 Å². The number of aryl methyl sites for hydroxylation is 3. The van der Waals surface area contributed by atoms with E-state index in [0.29, 0.717) is 18.1 Å². The van der Waals surface area contributed by atoms with E-state index >= 15 is 0 Å². The Morgan fingerprint density at radius 3 is 2.87 bits per heavy atom. The van der Waals surface area contributed by atoms with Crippen molar-refractivity contribution in [1.29, 1.82) is 0 Å². The highest BCUT2D eigenvalue weighted by Gasteiger charge is 2.21. The molecule has 0 aliphatic rings. The Bertz CT molecular complexity index is 865. The molecule has 0 saturated carbocycles. The molecule has 0 saturated heterocycles. The summed E-state index contributed by atoms with van der Waals surface area (Å²) in [4.78, 5) is 21.0. The van der Waals surface area contributed by atoms with E-state index < -0.39 is 0 Å². The van der Waals surface area contributed by atoms with Crippen molar-refractivity contribution in [1.82, 2.24) is 39.7 Å². The van der Waals surface area contributed by atoms with E-state index in [0.717, 1.165) is 11.4 Å². The molecule has 3 rings (SSSR count). The van der Waals surface area contributed by atoms with Gasteiger partial charge in [0.05, 0.1) is 6.04 Å². The molecule has 1 amide bonds. The van der Waals surface area contributed by atoms with Crippen molar-refractivity contribution in [3.63, 3.8) is 0 Å². The minimum atomic E-state index is -0.329. The van der Waals surface area contributed by atoms with E-state index in [1.807, 2.05) is 33.8 Å². The van der Waals surface area contributed by atoms with Crippen LogP contribution in [0.2, 0.25) is 0 Å². The van der Waals surface area contributed by atoms with Crippen LogP contribution in [0.15, 0.2) is 12.4 Å². The molecule has 23 heavy (non-hydrogen) atoms. The largest absolute Gasteiger partial charge is 0.340 e. The van der Waals surface area contributed by atoms with Crippen molar-refractivity contribution in [2.45, 2.75) is 40.3 Å². The van der Waals surface area contributed by atoms with E-state index in [1.54, 1.807) is 9.08 Å². The summed E-state index contributed by atoms with van der Waals surface area (Å²) in [6.07, 6.45) is 1.48. The van der Waals surface area contributed by atoms with Crippen molar-refractivity contribution < 1.29 is 4.79 Å². The van der Waals surface area contributed by atoms with Crippen LogP contribution in [0, 0.1) is 13.8 Å². The number of rotatable bonds is 4. The molecule has 9 heteroatoms. The number of nitrogens with one attached hydrogen (secondary N) is 1. The Balaban J connectivity index is 1.89. The second kappa shape index (κ2) is 5.75. The molecule has 0 aliphatic heterocycles. The third-order valence-corrected chi connectivity index (χ3v) is 3.58. The molecule has 3 aromatic rings. The highest BCUT2D eigenvalue weighted by Crippen LogP contribution is 2.12. The average molecular weight is 314 g/mol. The Morgan fingerprint density at radius 1 is 1.35 bits per heavy atom. The van der Waals surface area contributed by atoms with Crippen LogP contribution >= 0.6 is 0 Å². The van der Waals surface area contributed by atoms with Crippen LogP contribution in [-0.4, -0.2) is 40.3 Å². The molecule has 9 nitrogen and oxygen atoms in total.